The molecule has 0 unspecified atom stereocenters. The monoisotopic (exact) mass is 497 g/mol. The van der Waals surface area contributed by atoms with Crippen LogP contribution in [-0.2, 0) is 0 Å². The normalized spacial score (nSPS) is 10.5. The fourth-order valence-corrected chi connectivity index (χ4v) is 3.22. The van der Waals surface area contributed by atoms with Gasteiger partial charge in [0.15, 0.2) is 0 Å². The molecule has 32 heavy (non-hydrogen) atoms. The Morgan fingerprint density at radius 1 is 0.906 bits per heavy atom. The zero-order valence-corrected chi connectivity index (χ0v) is 17.8. The van der Waals surface area contributed by atoms with Crippen molar-refractivity contribution in [1.29, 1.82) is 0 Å². The number of hydrogen-bond acceptors (Lipinski definition) is 7. The van der Waals surface area contributed by atoms with Gasteiger partial charge in [0.1, 0.15) is 11.5 Å². The minimum atomic E-state index is -0.957. The number of halogens is 3. The van der Waals surface area contributed by atoms with E-state index >= 15 is 0 Å². The van der Waals surface area contributed by atoms with Gasteiger partial charge >= 0.3 is 11.4 Å². The van der Waals surface area contributed by atoms with E-state index in [0.717, 1.165) is 18.2 Å². The van der Waals surface area contributed by atoms with Crippen molar-refractivity contribution < 1.29 is 24.5 Å². The molecule has 13 heteroatoms. The van der Waals surface area contributed by atoms with Gasteiger partial charge in [-0.1, -0.05) is 34.8 Å². The summed E-state index contributed by atoms with van der Waals surface area (Å²) in [6, 6.07) is 9.68. The van der Waals surface area contributed by atoms with Crippen LogP contribution in [0.4, 0.5) is 17.1 Å². The quantitative estimate of drug-likeness (QED) is 0.303. The number of ether oxygens (including phenoxy) is 1. The number of phenols is 1. The Morgan fingerprint density at radius 2 is 1.47 bits per heavy atom. The Morgan fingerprint density at radius 3 is 2.00 bits per heavy atom. The van der Waals surface area contributed by atoms with Gasteiger partial charge in [0.2, 0.25) is 0 Å². The van der Waals surface area contributed by atoms with Crippen LogP contribution in [0.5, 0.6) is 17.2 Å². The summed E-state index contributed by atoms with van der Waals surface area (Å²) in [5, 5.41) is 35.6. The van der Waals surface area contributed by atoms with Crippen LogP contribution in [0.15, 0.2) is 48.5 Å². The topological polar surface area (TPSA) is 145 Å². The van der Waals surface area contributed by atoms with E-state index in [4.69, 9.17) is 39.5 Å². The molecule has 0 saturated carbocycles. The first kappa shape index (κ1) is 23.1. The van der Waals surface area contributed by atoms with Crippen LogP contribution in [0.25, 0.3) is 0 Å². The largest absolute Gasteiger partial charge is 0.506 e. The predicted octanol–water partition coefficient (Wildman–Crippen LogP) is 6.21. The molecule has 0 aliphatic carbocycles. The number of nitro groups is 2. The third-order valence-corrected chi connectivity index (χ3v) is 4.77. The number of nitrogens with one attached hydrogen (secondary N) is 1. The zero-order valence-electron chi connectivity index (χ0n) is 15.5. The summed E-state index contributed by atoms with van der Waals surface area (Å²) in [4.78, 5) is 33.9. The number of amides is 1. The van der Waals surface area contributed by atoms with Gasteiger partial charge in [0.05, 0.1) is 26.1 Å². The lowest BCUT2D eigenvalue weighted by atomic mass is 10.1. The van der Waals surface area contributed by atoms with Crippen LogP contribution >= 0.6 is 34.8 Å². The standard InChI is InChI=1S/C19H10Cl3N3O7/c20-9-1-3-12(4-2-9)32-18-15(24(28)29)7-11(8-16(18)25(30)31)23-19(27)13-5-10(21)6-14(22)17(13)26/h1-8,26H,(H,23,27). The first-order chi connectivity index (χ1) is 15.1. The number of carbonyl (C=O) groups is 1. The van der Waals surface area contributed by atoms with Crippen LogP contribution < -0.4 is 10.1 Å². The number of hydrogen-bond donors (Lipinski definition) is 2. The van der Waals surface area contributed by atoms with Gasteiger partial charge in [0.25, 0.3) is 11.7 Å². The van der Waals surface area contributed by atoms with Gasteiger partial charge in [0, 0.05) is 22.2 Å². The zero-order chi connectivity index (χ0) is 23.6. The molecular formula is C19H10Cl3N3O7. The lowest BCUT2D eigenvalue weighted by molar-refractivity contribution is -0.395. The lowest BCUT2D eigenvalue weighted by Gasteiger charge is -2.11. The molecule has 0 bridgehead atoms. The average molecular weight is 499 g/mol. The first-order valence-electron chi connectivity index (χ1n) is 8.46. The first-order valence-corrected chi connectivity index (χ1v) is 9.60. The van der Waals surface area contributed by atoms with Crippen molar-refractivity contribution in [1.82, 2.24) is 0 Å². The highest BCUT2D eigenvalue weighted by Gasteiger charge is 2.30. The molecule has 164 valence electrons. The number of phenolic OH excluding ortho intramolecular Hbond substituents is 1. The summed E-state index contributed by atoms with van der Waals surface area (Å²) < 4.78 is 5.38. The Labute approximate surface area is 194 Å². The van der Waals surface area contributed by atoms with Crippen LogP contribution in [0, 0.1) is 20.2 Å². The van der Waals surface area contributed by atoms with Crippen LogP contribution in [0.2, 0.25) is 15.1 Å². The molecule has 0 aliphatic rings. The van der Waals surface area contributed by atoms with Gasteiger partial charge in [-0.2, -0.15) is 0 Å². The number of nitrogens with zero attached hydrogens (tertiary/aromatic N) is 2. The molecule has 0 radical (unpaired) electrons. The molecular weight excluding hydrogens is 489 g/mol. The van der Waals surface area contributed by atoms with E-state index in [1.807, 2.05) is 0 Å². The molecule has 10 nitrogen and oxygen atoms in total. The molecule has 3 aromatic carbocycles. The van der Waals surface area contributed by atoms with Gasteiger partial charge in [-0.25, -0.2) is 0 Å². The van der Waals surface area contributed by atoms with E-state index in [0.29, 0.717) is 5.02 Å². The van der Waals surface area contributed by atoms with Crippen LogP contribution in [0.1, 0.15) is 10.4 Å². The summed E-state index contributed by atoms with van der Waals surface area (Å²) in [6.07, 6.45) is 0. The maximum Gasteiger partial charge on any atom is 0.320 e. The Kier molecular flexibility index (Phi) is 6.68. The van der Waals surface area contributed by atoms with Crippen molar-refractivity contribution in [3.05, 3.63) is 89.4 Å². The number of anilines is 1. The van der Waals surface area contributed by atoms with Crippen molar-refractivity contribution in [3.63, 3.8) is 0 Å². The highest BCUT2D eigenvalue weighted by atomic mass is 35.5. The number of benzene rings is 3. The van der Waals surface area contributed by atoms with Gasteiger partial charge in [-0.15, -0.1) is 0 Å². The van der Waals surface area contributed by atoms with Gasteiger partial charge < -0.3 is 15.2 Å². The second kappa shape index (κ2) is 9.27. The Balaban J connectivity index is 2.05. The van der Waals surface area contributed by atoms with Gasteiger partial charge in [-0.3, -0.25) is 25.0 Å². The predicted molar refractivity (Wildman–Crippen MR) is 117 cm³/mol. The maximum absolute atomic E-state index is 12.5. The minimum absolute atomic E-state index is 0.0432. The number of aromatic hydroxyl groups is 1. The third kappa shape index (κ3) is 4.99. The summed E-state index contributed by atoms with van der Waals surface area (Å²) in [5.41, 5.74) is -2.20. The average Bonchev–Trinajstić information content (AvgIpc) is 2.72. The third-order valence-electron chi connectivity index (χ3n) is 4.01. The van der Waals surface area contributed by atoms with Crippen LogP contribution in [0.3, 0.4) is 0 Å². The van der Waals surface area contributed by atoms with E-state index in [1.165, 1.54) is 30.3 Å². The fraction of sp³-hybridized carbons (Fsp3) is 0. The van der Waals surface area contributed by atoms with Crippen LogP contribution in [-0.4, -0.2) is 20.9 Å². The summed E-state index contributed by atoms with van der Waals surface area (Å²) in [5.74, 6) is -2.12. The van der Waals surface area contributed by atoms with E-state index < -0.39 is 38.6 Å². The summed E-state index contributed by atoms with van der Waals surface area (Å²) in [6.45, 7) is 0. The molecule has 0 heterocycles. The van der Waals surface area contributed by atoms with Crippen molar-refractivity contribution in [2.45, 2.75) is 0 Å². The molecule has 3 aromatic rings. The number of nitro benzene ring substituents is 2. The fourth-order valence-electron chi connectivity index (χ4n) is 2.60. The molecule has 0 spiro atoms. The maximum atomic E-state index is 12.5. The smallest absolute Gasteiger partial charge is 0.320 e. The van der Waals surface area contributed by atoms with E-state index in [9.17, 15) is 30.1 Å². The van der Waals surface area contributed by atoms with E-state index in [-0.39, 0.29) is 27.0 Å². The summed E-state index contributed by atoms with van der Waals surface area (Å²) in [7, 11) is 0. The molecule has 0 fully saturated rings. The second-order valence-electron chi connectivity index (χ2n) is 6.15. The number of rotatable bonds is 6. The van der Waals surface area contributed by atoms with E-state index in [1.54, 1.807) is 0 Å². The van der Waals surface area contributed by atoms with E-state index in [2.05, 4.69) is 5.32 Å². The van der Waals surface area contributed by atoms with Crippen molar-refractivity contribution in [2.24, 2.45) is 0 Å². The highest BCUT2D eigenvalue weighted by Crippen LogP contribution is 2.42. The molecule has 0 atom stereocenters. The SMILES string of the molecule is O=C(Nc1cc([N+](=O)[O-])c(Oc2ccc(Cl)cc2)c([N+](=O)[O-])c1)c1cc(Cl)cc(Cl)c1O. The van der Waals surface area contributed by atoms with Gasteiger partial charge in [-0.05, 0) is 36.4 Å². The highest BCUT2D eigenvalue weighted by molar-refractivity contribution is 6.36. The molecule has 0 saturated heterocycles. The molecule has 1 amide bonds. The van der Waals surface area contributed by atoms with Crippen molar-refractivity contribution in [2.75, 3.05) is 5.32 Å². The molecule has 0 aliphatic heterocycles. The molecule has 3 rings (SSSR count). The Hall–Kier alpha value is -3.60. The van der Waals surface area contributed by atoms with Crippen molar-refractivity contribution in [3.8, 4) is 17.2 Å². The molecule has 2 N–H and O–H groups in total. The number of carbonyl (C=O) groups excluding carboxylic acids is 1. The van der Waals surface area contributed by atoms with Crippen molar-refractivity contribution >= 4 is 57.8 Å². The lowest BCUT2D eigenvalue weighted by Crippen LogP contribution is -2.13. The summed E-state index contributed by atoms with van der Waals surface area (Å²) >= 11 is 17.4. The Bertz CT molecular complexity index is 1210. The second-order valence-corrected chi connectivity index (χ2v) is 7.43. The molecule has 0 aromatic heterocycles. The minimum Gasteiger partial charge on any atom is -0.506 e.